The summed E-state index contributed by atoms with van der Waals surface area (Å²) in [7, 11) is 0. The Labute approximate surface area is 126 Å². The molecule has 1 aliphatic carbocycles. The van der Waals surface area contributed by atoms with Crippen LogP contribution in [-0.4, -0.2) is 9.67 Å². The van der Waals surface area contributed by atoms with Gasteiger partial charge in [-0.2, -0.15) is 0 Å². The fourth-order valence-electron chi connectivity index (χ4n) is 2.83. The molecule has 2 aromatic rings. The van der Waals surface area contributed by atoms with Gasteiger partial charge in [-0.3, -0.25) is 0 Å². The number of fused-ring (bicyclic) bond motifs is 1. The van der Waals surface area contributed by atoms with Crippen LogP contribution in [0.5, 0.6) is 0 Å². The summed E-state index contributed by atoms with van der Waals surface area (Å²) in [5.41, 5.74) is 3.35. The quantitative estimate of drug-likeness (QED) is 0.816. The van der Waals surface area contributed by atoms with Crippen molar-refractivity contribution < 1.29 is 9.50 Å². The summed E-state index contributed by atoms with van der Waals surface area (Å²) < 4.78 is 15.8. The topological polar surface area (TPSA) is 25.2 Å². The highest BCUT2D eigenvalue weighted by Crippen LogP contribution is 2.29. The molecule has 0 bridgehead atoms. The third-order valence-corrected chi connectivity index (χ3v) is 4.49. The van der Waals surface area contributed by atoms with E-state index < -0.39 is 0 Å². The zero-order chi connectivity index (χ0) is 14.1. The van der Waals surface area contributed by atoms with Crippen molar-refractivity contribution in [1.29, 1.82) is 0 Å². The van der Waals surface area contributed by atoms with Gasteiger partial charge in [0.05, 0.1) is 10.6 Å². The fraction of sp³-hybridized carbons (Fsp3) is 0.375. The summed E-state index contributed by atoms with van der Waals surface area (Å²) in [5, 5.41) is 10.1. The molecule has 0 spiro atoms. The van der Waals surface area contributed by atoms with Gasteiger partial charge in [0.1, 0.15) is 5.82 Å². The molecular formula is C16H17BrFNO. The first kappa shape index (κ1) is 13.8. The van der Waals surface area contributed by atoms with Crippen molar-refractivity contribution in [3.8, 4) is 0 Å². The maximum absolute atomic E-state index is 13.2. The van der Waals surface area contributed by atoms with Crippen LogP contribution in [0.3, 0.4) is 0 Å². The van der Waals surface area contributed by atoms with Crippen LogP contribution < -0.4 is 0 Å². The van der Waals surface area contributed by atoms with Gasteiger partial charge >= 0.3 is 0 Å². The minimum atomic E-state index is -0.339. The Bertz CT molecular complexity index is 623. The van der Waals surface area contributed by atoms with Crippen LogP contribution in [0.2, 0.25) is 0 Å². The Kier molecular flexibility index (Phi) is 3.94. The SMILES string of the molecule is OC1CCCCc2cn(Cc3ccc(F)c(Br)c3)cc21. The van der Waals surface area contributed by atoms with Crippen LogP contribution in [0.25, 0.3) is 0 Å². The van der Waals surface area contributed by atoms with Crippen molar-refractivity contribution in [1.82, 2.24) is 4.57 Å². The molecule has 0 aliphatic heterocycles. The number of benzene rings is 1. The van der Waals surface area contributed by atoms with Crippen LogP contribution in [0, 0.1) is 5.82 Å². The second-order valence-corrected chi connectivity index (χ2v) is 6.28. The zero-order valence-corrected chi connectivity index (χ0v) is 12.7. The number of hydrogen-bond donors (Lipinski definition) is 1. The highest BCUT2D eigenvalue weighted by molar-refractivity contribution is 9.10. The lowest BCUT2D eigenvalue weighted by molar-refractivity contribution is 0.166. The van der Waals surface area contributed by atoms with Crippen LogP contribution in [-0.2, 0) is 13.0 Å². The smallest absolute Gasteiger partial charge is 0.137 e. The van der Waals surface area contributed by atoms with Gasteiger partial charge < -0.3 is 9.67 Å². The van der Waals surface area contributed by atoms with Crippen molar-refractivity contribution in [3.63, 3.8) is 0 Å². The van der Waals surface area contributed by atoms with Gasteiger partial charge in [0.15, 0.2) is 0 Å². The Morgan fingerprint density at radius 2 is 2.15 bits per heavy atom. The van der Waals surface area contributed by atoms with Gasteiger partial charge in [0, 0.05) is 24.5 Å². The molecule has 1 aromatic heterocycles. The molecule has 0 saturated carbocycles. The number of aryl methyl sites for hydroxylation is 1. The van der Waals surface area contributed by atoms with Crippen molar-refractivity contribution in [3.05, 3.63) is 57.6 Å². The minimum Gasteiger partial charge on any atom is -0.388 e. The number of nitrogens with zero attached hydrogens (tertiary/aromatic N) is 1. The summed E-state index contributed by atoms with van der Waals surface area (Å²) >= 11 is 3.21. The molecule has 1 aromatic carbocycles. The fourth-order valence-corrected chi connectivity index (χ4v) is 3.26. The minimum absolute atomic E-state index is 0.243. The molecule has 0 radical (unpaired) electrons. The first-order valence-electron chi connectivity index (χ1n) is 6.94. The summed E-state index contributed by atoms with van der Waals surface area (Å²) in [5.74, 6) is -0.243. The lowest BCUT2D eigenvalue weighted by Gasteiger charge is -2.07. The van der Waals surface area contributed by atoms with Gasteiger partial charge in [0.2, 0.25) is 0 Å². The predicted molar refractivity (Wildman–Crippen MR) is 80.1 cm³/mol. The van der Waals surface area contributed by atoms with E-state index >= 15 is 0 Å². The van der Waals surface area contributed by atoms with E-state index in [1.54, 1.807) is 12.1 Å². The summed E-state index contributed by atoms with van der Waals surface area (Å²) in [6.07, 6.45) is 7.90. The molecule has 0 fully saturated rings. The Balaban J connectivity index is 1.84. The number of hydrogen-bond acceptors (Lipinski definition) is 1. The molecule has 106 valence electrons. The molecule has 1 unspecified atom stereocenters. The Hall–Kier alpha value is -1.13. The molecule has 1 N–H and O–H groups in total. The van der Waals surface area contributed by atoms with E-state index in [4.69, 9.17) is 0 Å². The van der Waals surface area contributed by atoms with Crippen LogP contribution in [0.1, 0.15) is 42.1 Å². The predicted octanol–water partition coefficient (Wildman–Crippen LogP) is 4.20. The Morgan fingerprint density at radius 1 is 1.30 bits per heavy atom. The number of rotatable bonds is 2. The summed E-state index contributed by atoms with van der Waals surface area (Å²) in [6.45, 7) is 0.693. The van der Waals surface area contributed by atoms with Gasteiger partial charge in [-0.1, -0.05) is 12.5 Å². The third kappa shape index (κ3) is 2.81. The lowest BCUT2D eigenvalue weighted by atomic mass is 10.1. The number of aliphatic hydroxyl groups excluding tert-OH is 1. The monoisotopic (exact) mass is 337 g/mol. The number of aromatic nitrogens is 1. The third-order valence-electron chi connectivity index (χ3n) is 3.88. The molecule has 1 atom stereocenters. The molecule has 1 aliphatic rings. The largest absolute Gasteiger partial charge is 0.388 e. The first-order valence-corrected chi connectivity index (χ1v) is 7.73. The second kappa shape index (κ2) is 5.70. The van der Waals surface area contributed by atoms with Gasteiger partial charge in [-0.15, -0.1) is 0 Å². The average molecular weight is 338 g/mol. The molecule has 20 heavy (non-hydrogen) atoms. The summed E-state index contributed by atoms with van der Waals surface area (Å²) in [6, 6.07) is 5.07. The van der Waals surface area contributed by atoms with Crippen molar-refractivity contribution in [2.75, 3.05) is 0 Å². The molecule has 0 amide bonds. The molecule has 2 nitrogen and oxygen atoms in total. The normalized spacial score (nSPS) is 18.6. The Morgan fingerprint density at radius 3 is 2.95 bits per heavy atom. The summed E-state index contributed by atoms with van der Waals surface area (Å²) in [4.78, 5) is 0. The second-order valence-electron chi connectivity index (χ2n) is 5.42. The van der Waals surface area contributed by atoms with Crippen LogP contribution in [0.4, 0.5) is 4.39 Å². The van der Waals surface area contributed by atoms with E-state index in [2.05, 4.69) is 26.7 Å². The molecule has 1 heterocycles. The van der Waals surface area contributed by atoms with Crippen molar-refractivity contribution >= 4 is 15.9 Å². The standard InChI is InChI=1S/C16H17BrFNO/c17-14-7-11(5-6-15(14)18)8-19-9-12-3-1-2-4-16(20)13(12)10-19/h5-7,9-10,16,20H,1-4,8H2. The zero-order valence-electron chi connectivity index (χ0n) is 11.1. The number of aliphatic hydroxyl groups is 1. The maximum atomic E-state index is 13.2. The maximum Gasteiger partial charge on any atom is 0.137 e. The van der Waals surface area contributed by atoms with E-state index in [9.17, 15) is 9.50 Å². The van der Waals surface area contributed by atoms with Crippen molar-refractivity contribution in [2.24, 2.45) is 0 Å². The van der Waals surface area contributed by atoms with E-state index in [0.29, 0.717) is 11.0 Å². The first-order chi connectivity index (χ1) is 9.63. The lowest BCUT2D eigenvalue weighted by Crippen LogP contribution is -1.98. The van der Waals surface area contributed by atoms with Crippen LogP contribution in [0.15, 0.2) is 35.1 Å². The molecular weight excluding hydrogens is 321 g/mol. The van der Waals surface area contributed by atoms with E-state index in [-0.39, 0.29) is 11.9 Å². The number of halogens is 2. The van der Waals surface area contributed by atoms with E-state index in [1.165, 1.54) is 11.6 Å². The highest BCUT2D eigenvalue weighted by Gasteiger charge is 2.18. The van der Waals surface area contributed by atoms with Gasteiger partial charge in [0.25, 0.3) is 0 Å². The van der Waals surface area contributed by atoms with E-state index in [0.717, 1.165) is 36.8 Å². The van der Waals surface area contributed by atoms with Gasteiger partial charge in [-0.05, 0) is 58.5 Å². The highest BCUT2D eigenvalue weighted by atomic mass is 79.9. The van der Waals surface area contributed by atoms with Gasteiger partial charge in [-0.25, -0.2) is 4.39 Å². The van der Waals surface area contributed by atoms with Crippen molar-refractivity contribution in [2.45, 2.75) is 38.3 Å². The average Bonchev–Trinajstić information content (AvgIpc) is 2.74. The van der Waals surface area contributed by atoms with Crippen LogP contribution >= 0.6 is 15.9 Å². The molecule has 0 saturated heterocycles. The van der Waals surface area contributed by atoms with E-state index in [1.807, 2.05) is 6.20 Å². The molecule has 4 heteroatoms. The molecule has 3 rings (SSSR count).